The van der Waals surface area contributed by atoms with Crippen molar-refractivity contribution in [1.82, 2.24) is 9.80 Å². The normalized spacial score (nSPS) is 23.2. The van der Waals surface area contributed by atoms with Gasteiger partial charge in [0, 0.05) is 32.7 Å². The van der Waals surface area contributed by atoms with Crippen LogP contribution in [0.2, 0.25) is 0 Å². The molecule has 2 fully saturated rings. The van der Waals surface area contributed by atoms with E-state index in [4.69, 9.17) is 10.5 Å². The van der Waals surface area contributed by atoms with E-state index >= 15 is 0 Å². The third-order valence-corrected chi connectivity index (χ3v) is 5.14. The number of ether oxygens (including phenoxy) is 1. The van der Waals surface area contributed by atoms with Crippen molar-refractivity contribution in [1.29, 1.82) is 0 Å². The van der Waals surface area contributed by atoms with Crippen molar-refractivity contribution in [3.63, 3.8) is 0 Å². The first-order valence-corrected chi connectivity index (χ1v) is 9.43. The highest BCUT2D eigenvalue weighted by molar-refractivity contribution is 7.98. The molecular formula is C15H29N3O2S. The third-order valence-electron chi connectivity index (χ3n) is 4.50. The van der Waals surface area contributed by atoms with Crippen molar-refractivity contribution < 1.29 is 9.53 Å². The van der Waals surface area contributed by atoms with Gasteiger partial charge >= 0.3 is 0 Å². The van der Waals surface area contributed by atoms with E-state index in [1.165, 1.54) is 0 Å². The molecular weight excluding hydrogens is 286 g/mol. The molecule has 0 aromatic carbocycles. The molecule has 2 heterocycles. The fraction of sp³-hybridized carbons (Fsp3) is 0.933. The van der Waals surface area contributed by atoms with Crippen molar-refractivity contribution >= 4 is 17.7 Å². The predicted octanol–water partition coefficient (Wildman–Crippen LogP) is 0.638. The summed E-state index contributed by atoms with van der Waals surface area (Å²) < 4.78 is 5.39. The van der Waals surface area contributed by atoms with Crippen LogP contribution in [0.5, 0.6) is 0 Å². The topological polar surface area (TPSA) is 58.8 Å². The van der Waals surface area contributed by atoms with Crippen LogP contribution in [0.1, 0.15) is 19.3 Å². The van der Waals surface area contributed by atoms with Gasteiger partial charge in [0.05, 0.1) is 19.3 Å². The Morgan fingerprint density at radius 3 is 2.57 bits per heavy atom. The Morgan fingerprint density at radius 2 is 1.95 bits per heavy atom. The second kappa shape index (κ2) is 8.98. The molecule has 1 atom stereocenters. The molecule has 0 aromatic heterocycles. The van der Waals surface area contributed by atoms with Crippen molar-refractivity contribution in [3.8, 4) is 0 Å². The molecule has 0 radical (unpaired) electrons. The van der Waals surface area contributed by atoms with E-state index < -0.39 is 0 Å². The lowest BCUT2D eigenvalue weighted by Crippen LogP contribution is -2.49. The molecule has 2 saturated heterocycles. The molecule has 21 heavy (non-hydrogen) atoms. The van der Waals surface area contributed by atoms with Gasteiger partial charge in [0.1, 0.15) is 0 Å². The minimum atomic E-state index is -0.312. The number of hydrogen-bond acceptors (Lipinski definition) is 5. The monoisotopic (exact) mass is 315 g/mol. The molecule has 2 rings (SSSR count). The number of hydrogen-bond donors (Lipinski definition) is 1. The maximum atomic E-state index is 12.3. The Hall–Kier alpha value is -0.300. The summed E-state index contributed by atoms with van der Waals surface area (Å²) in [4.78, 5) is 16.7. The average molecular weight is 315 g/mol. The third kappa shape index (κ3) is 5.43. The van der Waals surface area contributed by atoms with Crippen LogP contribution < -0.4 is 5.73 Å². The van der Waals surface area contributed by atoms with Gasteiger partial charge in [-0.2, -0.15) is 11.8 Å². The summed E-state index contributed by atoms with van der Waals surface area (Å²) in [5.74, 6) is 1.82. The van der Waals surface area contributed by atoms with E-state index in [9.17, 15) is 4.79 Å². The molecule has 2 aliphatic rings. The quantitative estimate of drug-likeness (QED) is 0.779. The minimum Gasteiger partial charge on any atom is -0.379 e. The maximum absolute atomic E-state index is 12.3. The summed E-state index contributed by atoms with van der Waals surface area (Å²) in [5, 5.41) is 0. The van der Waals surface area contributed by atoms with Crippen LogP contribution in [0.15, 0.2) is 0 Å². The highest BCUT2D eigenvalue weighted by atomic mass is 32.2. The molecule has 0 bridgehead atoms. The molecule has 5 nitrogen and oxygen atoms in total. The zero-order chi connectivity index (χ0) is 15.1. The molecule has 1 amide bonds. The number of likely N-dealkylation sites (tertiary alicyclic amines) is 1. The molecule has 2 N–H and O–H groups in total. The van der Waals surface area contributed by atoms with E-state index in [0.717, 1.165) is 76.9 Å². The summed E-state index contributed by atoms with van der Waals surface area (Å²) in [6.45, 7) is 6.74. The number of carbonyl (C=O) groups excluding carboxylic acids is 1. The SMILES string of the molecule is CSCC[C@@H](N)C(=O)N1CCC(CN2CCOCC2)CC1. The first-order valence-electron chi connectivity index (χ1n) is 8.04. The Morgan fingerprint density at radius 1 is 1.29 bits per heavy atom. The summed E-state index contributed by atoms with van der Waals surface area (Å²) in [6.07, 6.45) is 5.05. The van der Waals surface area contributed by atoms with Crippen LogP contribution in [0.3, 0.4) is 0 Å². The molecule has 0 unspecified atom stereocenters. The fourth-order valence-electron chi connectivity index (χ4n) is 3.09. The Balaban J connectivity index is 1.68. The van der Waals surface area contributed by atoms with Crippen molar-refractivity contribution in [3.05, 3.63) is 0 Å². The van der Waals surface area contributed by atoms with Crippen molar-refractivity contribution in [2.45, 2.75) is 25.3 Å². The minimum absolute atomic E-state index is 0.147. The largest absolute Gasteiger partial charge is 0.379 e. The van der Waals surface area contributed by atoms with Crippen LogP contribution in [-0.2, 0) is 9.53 Å². The average Bonchev–Trinajstić information content (AvgIpc) is 2.53. The number of rotatable bonds is 6. The van der Waals surface area contributed by atoms with Crippen LogP contribution in [0.4, 0.5) is 0 Å². The Labute approximate surface area is 132 Å². The van der Waals surface area contributed by atoms with Gasteiger partial charge < -0.3 is 15.4 Å². The molecule has 0 aliphatic carbocycles. The Kier molecular flexibility index (Phi) is 7.29. The second-order valence-electron chi connectivity index (χ2n) is 6.07. The highest BCUT2D eigenvalue weighted by Crippen LogP contribution is 2.20. The molecule has 0 saturated carbocycles. The number of piperidine rings is 1. The van der Waals surface area contributed by atoms with E-state index in [1.54, 1.807) is 11.8 Å². The summed E-state index contributed by atoms with van der Waals surface area (Å²) >= 11 is 1.75. The standard InChI is InChI=1S/C15H29N3O2S/c1-21-11-4-14(16)15(19)18-5-2-13(3-6-18)12-17-7-9-20-10-8-17/h13-14H,2-12,16H2,1H3/t14-/m1/s1. The first-order chi connectivity index (χ1) is 10.2. The van der Waals surface area contributed by atoms with Gasteiger partial charge in [0.25, 0.3) is 0 Å². The van der Waals surface area contributed by atoms with Gasteiger partial charge in [-0.3, -0.25) is 9.69 Å². The van der Waals surface area contributed by atoms with E-state index in [0.29, 0.717) is 0 Å². The maximum Gasteiger partial charge on any atom is 0.239 e. The Bertz CT molecular complexity index is 316. The van der Waals surface area contributed by atoms with E-state index in [2.05, 4.69) is 4.90 Å². The number of thioether (sulfide) groups is 1. The molecule has 122 valence electrons. The summed E-state index contributed by atoms with van der Waals surface area (Å²) in [5.41, 5.74) is 5.99. The zero-order valence-electron chi connectivity index (χ0n) is 13.1. The first kappa shape index (κ1) is 17.1. The van der Waals surface area contributed by atoms with Crippen LogP contribution in [0.25, 0.3) is 0 Å². The van der Waals surface area contributed by atoms with Crippen LogP contribution in [-0.4, -0.2) is 79.7 Å². The zero-order valence-corrected chi connectivity index (χ0v) is 13.9. The fourth-order valence-corrected chi connectivity index (χ4v) is 3.58. The van der Waals surface area contributed by atoms with Crippen molar-refractivity contribution in [2.24, 2.45) is 11.7 Å². The van der Waals surface area contributed by atoms with E-state index in [-0.39, 0.29) is 11.9 Å². The molecule has 6 heteroatoms. The van der Waals surface area contributed by atoms with Gasteiger partial charge in [0.2, 0.25) is 5.91 Å². The van der Waals surface area contributed by atoms with Gasteiger partial charge in [-0.15, -0.1) is 0 Å². The second-order valence-corrected chi connectivity index (χ2v) is 7.06. The summed E-state index contributed by atoms with van der Waals surface area (Å²) in [7, 11) is 0. The number of nitrogens with two attached hydrogens (primary N) is 1. The number of amides is 1. The lowest BCUT2D eigenvalue weighted by atomic mass is 9.95. The number of morpholine rings is 1. The smallest absolute Gasteiger partial charge is 0.239 e. The summed E-state index contributed by atoms with van der Waals surface area (Å²) in [6, 6.07) is -0.312. The van der Waals surface area contributed by atoms with Gasteiger partial charge in [0.15, 0.2) is 0 Å². The number of carbonyl (C=O) groups is 1. The molecule has 0 spiro atoms. The van der Waals surface area contributed by atoms with Gasteiger partial charge in [-0.1, -0.05) is 0 Å². The van der Waals surface area contributed by atoms with E-state index in [1.807, 2.05) is 11.2 Å². The van der Waals surface area contributed by atoms with Crippen LogP contribution in [0, 0.1) is 5.92 Å². The molecule has 2 aliphatic heterocycles. The lowest BCUT2D eigenvalue weighted by molar-refractivity contribution is -0.134. The van der Waals surface area contributed by atoms with Gasteiger partial charge in [-0.05, 0) is 37.2 Å². The van der Waals surface area contributed by atoms with Gasteiger partial charge in [-0.25, -0.2) is 0 Å². The predicted molar refractivity (Wildman–Crippen MR) is 87.5 cm³/mol. The van der Waals surface area contributed by atoms with Crippen molar-refractivity contribution in [2.75, 3.05) is 57.9 Å². The van der Waals surface area contributed by atoms with Crippen LogP contribution >= 0.6 is 11.8 Å². The lowest BCUT2D eigenvalue weighted by Gasteiger charge is -2.36. The highest BCUT2D eigenvalue weighted by Gasteiger charge is 2.27. The molecule has 0 aromatic rings. The number of nitrogens with zero attached hydrogens (tertiary/aromatic N) is 2.